The van der Waals surface area contributed by atoms with Crippen molar-refractivity contribution in [1.82, 2.24) is 0 Å². The van der Waals surface area contributed by atoms with Gasteiger partial charge < -0.3 is 5.11 Å². The predicted octanol–water partition coefficient (Wildman–Crippen LogP) is 2.26. The Labute approximate surface area is 110 Å². The average molecular weight is 280 g/mol. The molecule has 0 fully saturated rings. The molecule has 0 spiro atoms. The first-order valence-electron chi connectivity index (χ1n) is 4.90. The average Bonchev–Trinajstić information content (AvgIpc) is 2.29. The fraction of sp³-hybridized carbons (Fsp3) is 0.333. The molecule has 1 N–H and O–H groups in total. The van der Waals surface area contributed by atoms with Crippen LogP contribution in [0.4, 0.5) is 0 Å². The van der Waals surface area contributed by atoms with E-state index in [0.29, 0.717) is 16.5 Å². The first-order valence-corrected chi connectivity index (χ1v) is 6.25. The van der Waals surface area contributed by atoms with E-state index in [1.54, 1.807) is 6.07 Å². The summed E-state index contributed by atoms with van der Waals surface area (Å²) in [5, 5.41) is 11.3. The van der Waals surface area contributed by atoms with Gasteiger partial charge in [-0.15, -0.1) is 23.2 Å². The number of rotatable bonds is 3. The molecule has 1 aromatic carbocycles. The van der Waals surface area contributed by atoms with E-state index in [-0.39, 0.29) is 12.0 Å². The van der Waals surface area contributed by atoms with Gasteiger partial charge in [-0.3, -0.25) is 0 Å². The number of hydrogen-bond acceptors (Lipinski definition) is 1. The number of halogens is 3. The quantitative estimate of drug-likeness (QED) is 0.842. The molecule has 1 aromatic rings. The van der Waals surface area contributed by atoms with Crippen LogP contribution in [0.5, 0.6) is 0 Å². The van der Waals surface area contributed by atoms with Crippen LogP contribution < -0.4 is 10.4 Å². The molecule has 1 nitrogen and oxygen atoms in total. The smallest absolute Gasteiger partial charge is 0.0696 e. The molecule has 1 unspecified atom stereocenters. The molecule has 0 saturated carbocycles. The van der Waals surface area contributed by atoms with E-state index in [0.717, 1.165) is 10.4 Å². The van der Waals surface area contributed by atoms with Crippen molar-refractivity contribution < 1.29 is 5.11 Å². The second-order valence-corrected chi connectivity index (χ2v) is 4.57. The standard InChI is InChI=1S/C12H13Cl3O/c1-2-11-8(5-10(14)6-13)3-4-9(7-16)12(11)15/h2-5,10,16H,6-7H2,1H3/b8-5-,11-2+. The van der Waals surface area contributed by atoms with E-state index in [1.165, 1.54) is 0 Å². The van der Waals surface area contributed by atoms with Gasteiger partial charge in [-0.1, -0.05) is 35.9 Å². The zero-order valence-corrected chi connectivity index (χ0v) is 11.1. The molecule has 4 heteroatoms. The SMILES string of the molecule is C/C=c1/c(Cl)c(CO)cc/c1=C/C(Cl)CCl. The van der Waals surface area contributed by atoms with Gasteiger partial charge in [0, 0.05) is 5.88 Å². The number of alkyl halides is 2. The highest BCUT2D eigenvalue weighted by molar-refractivity contribution is 6.32. The summed E-state index contributed by atoms with van der Waals surface area (Å²) in [6.45, 7) is 1.82. The Balaban J connectivity index is 3.44. The fourth-order valence-electron chi connectivity index (χ4n) is 1.45. The molecule has 88 valence electrons. The van der Waals surface area contributed by atoms with Gasteiger partial charge >= 0.3 is 0 Å². The normalized spacial score (nSPS) is 15.6. The van der Waals surface area contributed by atoms with Crippen LogP contribution in [-0.4, -0.2) is 16.4 Å². The molecule has 0 heterocycles. The highest BCUT2D eigenvalue weighted by Crippen LogP contribution is 2.08. The molecular weight excluding hydrogens is 266 g/mol. The third kappa shape index (κ3) is 3.14. The van der Waals surface area contributed by atoms with Crippen molar-refractivity contribution in [2.45, 2.75) is 18.9 Å². The van der Waals surface area contributed by atoms with E-state index >= 15 is 0 Å². The van der Waals surface area contributed by atoms with Crippen LogP contribution in [0.3, 0.4) is 0 Å². The minimum Gasteiger partial charge on any atom is -0.392 e. The van der Waals surface area contributed by atoms with Crippen molar-refractivity contribution in [3.63, 3.8) is 0 Å². The van der Waals surface area contributed by atoms with Gasteiger partial charge in [0.25, 0.3) is 0 Å². The molecular formula is C12H13Cl3O. The van der Waals surface area contributed by atoms with Crippen molar-refractivity contribution in [1.29, 1.82) is 0 Å². The van der Waals surface area contributed by atoms with E-state index in [4.69, 9.17) is 39.9 Å². The topological polar surface area (TPSA) is 20.2 Å². The predicted molar refractivity (Wildman–Crippen MR) is 71.6 cm³/mol. The van der Waals surface area contributed by atoms with Gasteiger partial charge in [0.1, 0.15) is 0 Å². The molecule has 1 rings (SSSR count). The molecule has 1 atom stereocenters. The van der Waals surface area contributed by atoms with Crippen molar-refractivity contribution in [3.05, 3.63) is 33.2 Å². The van der Waals surface area contributed by atoms with E-state index < -0.39 is 0 Å². The second-order valence-electron chi connectivity index (χ2n) is 3.33. The molecule has 0 aliphatic heterocycles. The summed E-state index contributed by atoms with van der Waals surface area (Å²) >= 11 is 17.8. The maximum absolute atomic E-state index is 9.10. The lowest BCUT2D eigenvalue weighted by molar-refractivity contribution is 0.282. The number of benzene rings is 1. The molecule has 0 amide bonds. The third-order valence-electron chi connectivity index (χ3n) is 2.26. The lowest BCUT2D eigenvalue weighted by atomic mass is 10.1. The maximum atomic E-state index is 9.10. The van der Waals surface area contributed by atoms with Crippen LogP contribution in [0.15, 0.2) is 12.1 Å². The molecule has 0 radical (unpaired) electrons. The molecule has 16 heavy (non-hydrogen) atoms. The Morgan fingerprint density at radius 1 is 1.44 bits per heavy atom. The van der Waals surface area contributed by atoms with Crippen molar-refractivity contribution in [2.24, 2.45) is 0 Å². The fourth-order valence-corrected chi connectivity index (χ4v) is 2.02. The van der Waals surface area contributed by atoms with Crippen LogP contribution in [0.25, 0.3) is 12.2 Å². The number of hydrogen-bond donors (Lipinski definition) is 1. The minimum atomic E-state index is -0.226. The Bertz CT molecular complexity index is 468. The van der Waals surface area contributed by atoms with Gasteiger partial charge in [0.2, 0.25) is 0 Å². The highest BCUT2D eigenvalue weighted by atomic mass is 35.5. The Morgan fingerprint density at radius 2 is 2.12 bits per heavy atom. The van der Waals surface area contributed by atoms with Crippen molar-refractivity contribution in [3.8, 4) is 0 Å². The summed E-state index contributed by atoms with van der Waals surface area (Å²) in [7, 11) is 0. The van der Waals surface area contributed by atoms with Crippen LogP contribution in [-0.2, 0) is 6.61 Å². The summed E-state index contributed by atoms with van der Waals surface area (Å²) in [4.78, 5) is 0. The summed E-state index contributed by atoms with van der Waals surface area (Å²) < 4.78 is 0. The second kappa shape index (κ2) is 6.51. The van der Waals surface area contributed by atoms with E-state index in [9.17, 15) is 0 Å². The van der Waals surface area contributed by atoms with Crippen LogP contribution >= 0.6 is 34.8 Å². The molecule has 0 bridgehead atoms. The number of aliphatic hydroxyl groups excluding tert-OH is 1. The first kappa shape index (κ1) is 13.9. The van der Waals surface area contributed by atoms with Gasteiger partial charge in [-0.2, -0.15) is 0 Å². The van der Waals surface area contributed by atoms with Crippen molar-refractivity contribution in [2.75, 3.05) is 5.88 Å². The maximum Gasteiger partial charge on any atom is 0.0696 e. The summed E-state index contributed by atoms with van der Waals surface area (Å²) in [5.41, 5.74) is 0.712. The first-order chi connectivity index (χ1) is 7.63. The van der Waals surface area contributed by atoms with Gasteiger partial charge in [0.15, 0.2) is 0 Å². The molecule has 0 saturated heterocycles. The van der Waals surface area contributed by atoms with Crippen molar-refractivity contribution >= 4 is 47.0 Å². The van der Waals surface area contributed by atoms with E-state index in [2.05, 4.69) is 0 Å². The summed E-state index contributed by atoms with van der Waals surface area (Å²) in [6, 6.07) is 3.67. The zero-order chi connectivity index (χ0) is 12.1. The molecule has 0 aliphatic carbocycles. The molecule has 0 aliphatic rings. The summed E-state index contributed by atoms with van der Waals surface area (Å²) in [6.07, 6.45) is 3.75. The summed E-state index contributed by atoms with van der Waals surface area (Å²) in [5.74, 6) is 0.351. The molecule has 0 aromatic heterocycles. The van der Waals surface area contributed by atoms with Crippen LogP contribution in [0.2, 0.25) is 5.02 Å². The Morgan fingerprint density at radius 3 is 2.62 bits per heavy atom. The third-order valence-corrected chi connectivity index (χ3v) is 3.48. The van der Waals surface area contributed by atoms with Crippen LogP contribution in [0, 0.1) is 0 Å². The van der Waals surface area contributed by atoms with Crippen LogP contribution in [0.1, 0.15) is 12.5 Å². The zero-order valence-electron chi connectivity index (χ0n) is 8.88. The minimum absolute atomic E-state index is 0.0697. The van der Waals surface area contributed by atoms with E-state index in [1.807, 2.05) is 25.1 Å². The monoisotopic (exact) mass is 278 g/mol. The highest BCUT2D eigenvalue weighted by Gasteiger charge is 2.02. The van der Waals surface area contributed by atoms with Gasteiger partial charge in [0.05, 0.1) is 17.0 Å². The van der Waals surface area contributed by atoms with Gasteiger partial charge in [-0.25, -0.2) is 0 Å². The Kier molecular flexibility index (Phi) is 5.63. The number of aliphatic hydroxyl groups is 1. The Hall–Kier alpha value is -0.210. The lowest BCUT2D eigenvalue weighted by Crippen LogP contribution is -2.28. The largest absolute Gasteiger partial charge is 0.392 e. The van der Waals surface area contributed by atoms with Gasteiger partial charge in [-0.05, 0) is 22.9 Å². The lowest BCUT2D eigenvalue weighted by Gasteiger charge is -2.03.